The maximum absolute atomic E-state index is 12.3. The Kier molecular flexibility index (Phi) is 6.47. The number of urea groups is 1. The molecule has 0 fully saturated rings. The van der Waals surface area contributed by atoms with E-state index < -0.39 is 5.97 Å². The summed E-state index contributed by atoms with van der Waals surface area (Å²) in [6, 6.07) is 12.2. The van der Waals surface area contributed by atoms with Crippen molar-refractivity contribution in [2.45, 2.75) is 25.4 Å². The number of carbonyl (C=O) groups excluding carboxylic acids is 1. The van der Waals surface area contributed by atoms with Crippen LogP contribution in [0.15, 0.2) is 41.8 Å². The number of fused-ring (bicyclic) bond motifs is 1. The number of carboxylic acids is 1. The van der Waals surface area contributed by atoms with Gasteiger partial charge in [-0.25, -0.2) is 4.79 Å². The first-order valence-corrected chi connectivity index (χ1v) is 9.97. The van der Waals surface area contributed by atoms with Gasteiger partial charge in [0.1, 0.15) is 0 Å². The quantitative estimate of drug-likeness (QED) is 0.766. The summed E-state index contributed by atoms with van der Waals surface area (Å²) in [6.07, 6.45) is 0.974. The number of hydrogen-bond donors (Lipinski definition) is 2. The average Bonchev–Trinajstić information content (AvgIpc) is 3.14. The number of amides is 2. The van der Waals surface area contributed by atoms with Crippen LogP contribution in [0.3, 0.4) is 0 Å². The van der Waals surface area contributed by atoms with Crippen LogP contribution >= 0.6 is 11.3 Å². The lowest BCUT2D eigenvalue weighted by Gasteiger charge is -2.35. The smallest absolute Gasteiger partial charge is 0.317 e. The predicted molar refractivity (Wildman–Crippen MR) is 106 cm³/mol. The Morgan fingerprint density at radius 2 is 2.07 bits per heavy atom. The fourth-order valence-electron chi connectivity index (χ4n) is 3.35. The monoisotopic (exact) mass is 387 g/mol. The lowest BCUT2D eigenvalue weighted by atomic mass is 10.0. The molecule has 7 heteroatoms. The third-order valence-electron chi connectivity index (χ3n) is 4.92. The van der Waals surface area contributed by atoms with Crippen molar-refractivity contribution < 1.29 is 14.7 Å². The zero-order valence-corrected chi connectivity index (χ0v) is 16.2. The first-order chi connectivity index (χ1) is 13.0. The molecule has 1 atom stereocenters. The third kappa shape index (κ3) is 5.08. The highest BCUT2D eigenvalue weighted by atomic mass is 32.1. The van der Waals surface area contributed by atoms with Crippen LogP contribution in [0.5, 0.6) is 0 Å². The van der Waals surface area contributed by atoms with Gasteiger partial charge in [-0.1, -0.05) is 30.3 Å². The maximum atomic E-state index is 12.3. The second-order valence-corrected chi connectivity index (χ2v) is 7.77. The van der Waals surface area contributed by atoms with Crippen molar-refractivity contribution in [2.75, 3.05) is 26.7 Å². The third-order valence-corrected chi connectivity index (χ3v) is 5.94. The number of hydrogen-bond acceptors (Lipinski definition) is 4. The number of benzene rings is 1. The summed E-state index contributed by atoms with van der Waals surface area (Å²) in [4.78, 5) is 28.3. The van der Waals surface area contributed by atoms with Gasteiger partial charge in [-0.2, -0.15) is 0 Å². The minimum Gasteiger partial charge on any atom is -0.481 e. The van der Waals surface area contributed by atoms with Gasteiger partial charge in [-0.15, -0.1) is 11.3 Å². The summed E-state index contributed by atoms with van der Waals surface area (Å²) in [5.41, 5.74) is 2.54. The van der Waals surface area contributed by atoms with Crippen molar-refractivity contribution in [3.05, 3.63) is 57.8 Å². The molecule has 1 aromatic heterocycles. The Morgan fingerprint density at radius 3 is 2.81 bits per heavy atom. The van der Waals surface area contributed by atoms with Crippen molar-refractivity contribution in [3.8, 4) is 0 Å². The number of nitrogens with zero attached hydrogens (tertiary/aromatic N) is 2. The van der Waals surface area contributed by atoms with Crippen LogP contribution in [0.1, 0.15) is 28.5 Å². The molecule has 0 radical (unpaired) electrons. The van der Waals surface area contributed by atoms with Gasteiger partial charge in [0.25, 0.3) is 0 Å². The van der Waals surface area contributed by atoms with Gasteiger partial charge in [0, 0.05) is 38.1 Å². The Morgan fingerprint density at radius 1 is 1.30 bits per heavy atom. The molecule has 27 heavy (non-hydrogen) atoms. The first-order valence-electron chi connectivity index (χ1n) is 9.09. The number of rotatable bonds is 7. The van der Waals surface area contributed by atoms with Crippen LogP contribution < -0.4 is 5.32 Å². The molecule has 2 aromatic rings. The Hall–Kier alpha value is -2.38. The van der Waals surface area contributed by atoms with Gasteiger partial charge in [-0.05, 0) is 29.0 Å². The van der Waals surface area contributed by atoms with Crippen molar-refractivity contribution >= 4 is 23.3 Å². The Labute approximate surface area is 163 Å². The lowest BCUT2D eigenvalue weighted by Crippen LogP contribution is -2.44. The SMILES string of the molecule is CN(CCC(=O)O)C(=O)NCC(c1ccccc1)N1CCc2sccc2C1. The van der Waals surface area contributed by atoms with E-state index in [4.69, 9.17) is 5.11 Å². The zero-order valence-electron chi connectivity index (χ0n) is 15.4. The zero-order chi connectivity index (χ0) is 19.2. The normalized spacial score (nSPS) is 15.0. The van der Waals surface area contributed by atoms with Gasteiger partial charge in [0.05, 0.1) is 12.5 Å². The highest BCUT2D eigenvalue weighted by Crippen LogP contribution is 2.30. The van der Waals surface area contributed by atoms with E-state index in [-0.39, 0.29) is 25.0 Å². The molecule has 1 aliphatic rings. The molecule has 2 N–H and O–H groups in total. The van der Waals surface area contributed by atoms with Crippen LogP contribution in [0.4, 0.5) is 4.79 Å². The van der Waals surface area contributed by atoms with Crippen molar-refractivity contribution in [2.24, 2.45) is 0 Å². The average molecular weight is 388 g/mol. The number of carbonyl (C=O) groups is 2. The highest BCUT2D eigenvalue weighted by Gasteiger charge is 2.26. The molecule has 3 rings (SSSR count). The van der Waals surface area contributed by atoms with Gasteiger partial charge < -0.3 is 15.3 Å². The molecule has 1 unspecified atom stereocenters. The summed E-state index contributed by atoms with van der Waals surface area (Å²) >= 11 is 1.81. The van der Waals surface area contributed by atoms with Crippen LogP contribution in [0, 0.1) is 0 Å². The molecule has 0 spiro atoms. The molecule has 0 saturated carbocycles. The van der Waals surface area contributed by atoms with E-state index in [1.165, 1.54) is 20.9 Å². The summed E-state index contributed by atoms with van der Waals surface area (Å²) in [5.74, 6) is -0.906. The van der Waals surface area contributed by atoms with Crippen LogP contribution in [0.25, 0.3) is 0 Å². The van der Waals surface area contributed by atoms with Crippen molar-refractivity contribution in [3.63, 3.8) is 0 Å². The van der Waals surface area contributed by atoms with Gasteiger partial charge >= 0.3 is 12.0 Å². The lowest BCUT2D eigenvalue weighted by molar-refractivity contribution is -0.137. The molecule has 144 valence electrons. The standard InChI is InChI=1S/C20H25N3O3S/c1-22(10-8-19(24)25)20(26)21-13-17(15-5-3-2-4-6-15)23-11-7-18-16(14-23)9-12-27-18/h2-6,9,12,17H,7-8,10-11,13-14H2,1H3,(H,21,26)(H,24,25). The first kappa shape index (κ1) is 19.4. The molecule has 2 amide bonds. The van der Waals surface area contributed by atoms with Crippen LogP contribution in [-0.4, -0.2) is 53.6 Å². The van der Waals surface area contributed by atoms with E-state index in [1.54, 1.807) is 7.05 Å². The van der Waals surface area contributed by atoms with E-state index in [2.05, 4.69) is 33.8 Å². The summed E-state index contributed by atoms with van der Waals surface area (Å²) < 4.78 is 0. The number of nitrogens with one attached hydrogen (secondary N) is 1. The molecule has 2 heterocycles. The summed E-state index contributed by atoms with van der Waals surface area (Å²) in [5, 5.41) is 13.9. The number of aliphatic carboxylic acids is 1. The Balaban J connectivity index is 1.66. The van der Waals surface area contributed by atoms with Gasteiger partial charge in [-0.3, -0.25) is 9.69 Å². The van der Waals surface area contributed by atoms with E-state index in [0.29, 0.717) is 6.54 Å². The molecule has 0 bridgehead atoms. The molecule has 0 saturated heterocycles. The minimum atomic E-state index is -0.906. The maximum Gasteiger partial charge on any atom is 0.317 e. The molecule has 6 nitrogen and oxygen atoms in total. The van der Waals surface area contributed by atoms with E-state index >= 15 is 0 Å². The number of carboxylic acid groups (broad SMARTS) is 1. The fraction of sp³-hybridized carbons (Fsp3) is 0.400. The van der Waals surface area contributed by atoms with E-state index in [9.17, 15) is 9.59 Å². The molecular formula is C20H25N3O3S. The topological polar surface area (TPSA) is 72.9 Å². The minimum absolute atomic E-state index is 0.0565. The largest absolute Gasteiger partial charge is 0.481 e. The second kappa shape index (κ2) is 9.01. The predicted octanol–water partition coefficient (Wildman–Crippen LogP) is 2.96. The number of thiophene rings is 1. The van der Waals surface area contributed by atoms with Crippen LogP contribution in [0.2, 0.25) is 0 Å². The van der Waals surface area contributed by atoms with Crippen molar-refractivity contribution in [1.29, 1.82) is 0 Å². The highest BCUT2D eigenvalue weighted by molar-refractivity contribution is 7.10. The molecule has 1 aliphatic heterocycles. The molecule has 1 aromatic carbocycles. The Bertz CT molecular complexity index is 778. The van der Waals surface area contributed by atoms with E-state index in [1.807, 2.05) is 29.5 Å². The molecule has 0 aliphatic carbocycles. The van der Waals surface area contributed by atoms with Crippen molar-refractivity contribution in [1.82, 2.24) is 15.1 Å². The van der Waals surface area contributed by atoms with E-state index in [0.717, 1.165) is 19.5 Å². The molecular weight excluding hydrogens is 362 g/mol. The summed E-state index contributed by atoms with van der Waals surface area (Å²) in [7, 11) is 1.62. The van der Waals surface area contributed by atoms with Crippen LogP contribution in [-0.2, 0) is 17.8 Å². The van der Waals surface area contributed by atoms with Gasteiger partial charge in [0.15, 0.2) is 0 Å². The fourth-order valence-corrected chi connectivity index (χ4v) is 4.24. The second-order valence-electron chi connectivity index (χ2n) is 6.77. The summed E-state index contributed by atoms with van der Waals surface area (Å²) in [6.45, 7) is 2.51. The van der Waals surface area contributed by atoms with Gasteiger partial charge in [0.2, 0.25) is 0 Å².